The smallest absolute Gasteiger partial charge is 0.197 e. The summed E-state index contributed by atoms with van der Waals surface area (Å²) >= 11 is 10.7. The van der Waals surface area contributed by atoms with E-state index in [1.807, 2.05) is 6.92 Å². The molecule has 0 aliphatic rings. The van der Waals surface area contributed by atoms with E-state index in [9.17, 15) is 4.39 Å². The highest BCUT2D eigenvalue weighted by Gasteiger charge is 2.06. The van der Waals surface area contributed by atoms with Crippen LogP contribution in [0.5, 0.6) is 0 Å². The number of halogens is 2. The largest absolute Gasteiger partial charge is 0.330 e. The maximum atomic E-state index is 13.0. The number of rotatable bonds is 1. The van der Waals surface area contributed by atoms with Gasteiger partial charge in [0.1, 0.15) is 5.82 Å². The molecule has 0 aliphatic carbocycles. The van der Waals surface area contributed by atoms with Crippen LogP contribution in [-0.4, -0.2) is 9.97 Å². The second-order valence-corrected chi connectivity index (χ2v) is 4.17. The summed E-state index contributed by atoms with van der Waals surface area (Å²) in [6.07, 6.45) is 1.67. The van der Waals surface area contributed by atoms with Crippen LogP contribution >= 0.6 is 23.8 Å². The van der Waals surface area contributed by atoms with Gasteiger partial charge in [-0.3, -0.25) is 0 Å². The fourth-order valence-electron chi connectivity index (χ4n) is 1.41. The van der Waals surface area contributed by atoms with Crippen LogP contribution in [0.4, 0.5) is 4.39 Å². The summed E-state index contributed by atoms with van der Waals surface area (Å²) in [6.45, 7) is 1.89. The topological polar surface area (TPSA) is 28.7 Å². The Morgan fingerprint density at radius 2 is 2.19 bits per heavy atom. The molecule has 16 heavy (non-hydrogen) atoms. The molecule has 2 rings (SSSR count). The van der Waals surface area contributed by atoms with Gasteiger partial charge >= 0.3 is 0 Å². The Bertz CT molecular complexity index is 595. The second kappa shape index (κ2) is 4.31. The first kappa shape index (κ1) is 11.2. The fraction of sp³-hybridized carbons (Fsp3) is 0.0909. The molecule has 82 valence electrons. The average Bonchev–Trinajstić information content (AvgIpc) is 2.26. The van der Waals surface area contributed by atoms with Crippen molar-refractivity contribution in [2.75, 3.05) is 0 Å². The molecule has 0 amide bonds. The van der Waals surface area contributed by atoms with Gasteiger partial charge in [-0.2, -0.15) is 0 Å². The molecule has 0 bridgehead atoms. The normalized spacial score (nSPS) is 10.4. The van der Waals surface area contributed by atoms with Gasteiger partial charge < -0.3 is 4.98 Å². The highest BCUT2D eigenvalue weighted by molar-refractivity contribution is 7.71. The average molecular weight is 255 g/mol. The van der Waals surface area contributed by atoms with Gasteiger partial charge in [-0.1, -0.05) is 11.6 Å². The van der Waals surface area contributed by atoms with Gasteiger partial charge in [0.2, 0.25) is 0 Å². The monoisotopic (exact) mass is 254 g/mol. The van der Waals surface area contributed by atoms with Gasteiger partial charge in [0.25, 0.3) is 0 Å². The lowest BCUT2D eigenvalue weighted by Gasteiger charge is -2.06. The van der Waals surface area contributed by atoms with E-state index in [0.717, 1.165) is 16.8 Å². The van der Waals surface area contributed by atoms with E-state index in [1.165, 1.54) is 6.07 Å². The maximum absolute atomic E-state index is 13.0. The predicted octanol–water partition coefficient (Wildman–Crippen LogP) is 3.91. The van der Waals surface area contributed by atoms with E-state index in [-0.39, 0.29) is 5.02 Å². The molecule has 0 aliphatic heterocycles. The molecular weight excluding hydrogens is 247 g/mol. The van der Waals surface area contributed by atoms with Crippen molar-refractivity contribution >= 4 is 23.8 Å². The molecule has 1 aromatic heterocycles. The van der Waals surface area contributed by atoms with Crippen LogP contribution in [0, 0.1) is 17.5 Å². The van der Waals surface area contributed by atoms with Crippen molar-refractivity contribution in [2.24, 2.45) is 0 Å². The zero-order chi connectivity index (χ0) is 11.7. The number of nitrogens with one attached hydrogen (secondary N) is 1. The predicted molar refractivity (Wildman–Crippen MR) is 64.6 cm³/mol. The second-order valence-electron chi connectivity index (χ2n) is 3.38. The van der Waals surface area contributed by atoms with Crippen LogP contribution in [0.15, 0.2) is 24.4 Å². The Kier molecular flexibility index (Phi) is 3.03. The van der Waals surface area contributed by atoms with Crippen molar-refractivity contribution in [1.82, 2.24) is 9.97 Å². The van der Waals surface area contributed by atoms with Crippen molar-refractivity contribution in [1.29, 1.82) is 0 Å². The van der Waals surface area contributed by atoms with Gasteiger partial charge in [-0.05, 0) is 42.9 Å². The number of nitrogens with zero attached hydrogens (tertiary/aromatic N) is 1. The molecular formula is C11H8ClFN2S. The Balaban J connectivity index is 2.62. The van der Waals surface area contributed by atoms with Crippen LogP contribution in [0.1, 0.15) is 5.56 Å². The van der Waals surface area contributed by atoms with Crippen molar-refractivity contribution < 1.29 is 4.39 Å². The lowest BCUT2D eigenvalue weighted by atomic mass is 10.1. The zero-order valence-electron chi connectivity index (χ0n) is 8.42. The van der Waals surface area contributed by atoms with E-state index < -0.39 is 5.82 Å². The third kappa shape index (κ3) is 2.13. The number of aryl methyl sites for hydroxylation is 1. The van der Waals surface area contributed by atoms with Crippen LogP contribution in [-0.2, 0) is 0 Å². The lowest BCUT2D eigenvalue weighted by Crippen LogP contribution is -1.92. The number of H-pyrrole nitrogens is 1. The van der Waals surface area contributed by atoms with E-state index in [1.54, 1.807) is 18.3 Å². The summed E-state index contributed by atoms with van der Waals surface area (Å²) in [5, 5.41) is 0.0908. The van der Waals surface area contributed by atoms with Crippen LogP contribution in [0.3, 0.4) is 0 Å². The zero-order valence-corrected chi connectivity index (χ0v) is 9.99. The van der Waals surface area contributed by atoms with E-state index in [0.29, 0.717) is 4.77 Å². The molecule has 0 fully saturated rings. The first-order chi connectivity index (χ1) is 7.58. The van der Waals surface area contributed by atoms with Crippen LogP contribution in [0.25, 0.3) is 11.3 Å². The molecule has 5 heteroatoms. The molecule has 2 nitrogen and oxygen atoms in total. The van der Waals surface area contributed by atoms with Crippen molar-refractivity contribution in [3.8, 4) is 11.3 Å². The number of aromatic amines is 1. The molecule has 1 heterocycles. The number of aromatic nitrogens is 2. The summed E-state index contributed by atoms with van der Waals surface area (Å²) in [5.74, 6) is -0.435. The number of benzene rings is 1. The minimum Gasteiger partial charge on any atom is -0.330 e. The number of hydrogen-bond donors (Lipinski definition) is 1. The summed E-state index contributed by atoms with van der Waals surface area (Å²) in [5.41, 5.74) is 2.52. The van der Waals surface area contributed by atoms with Gasteiger partial charge in [0.15, 0.2) is 4.77 Å². The Hall–Kier alpha value is -1.26. The Morgan fingerprint density at radius 3 is 2.88 bits per heavy atom. The van der Waals surface area contributed by atoms with E-state index >= 15 is 0 Å². The molecule has 0 saturated heterocycles. The Labute approximate surface area is 102 Å². The summed E-state index contributed by atoms with van der Waals surface area (Å²) in [7, 11) is 0. The summed E-state index contributed by atoms with van der Waals surface area (Å²) < 4.78 is 13.4. The van der Waals surface area contributed by atoms with E-state index in [4.69, 9.17) is 23.8 Å². The van der Waals surface area contributed by atoms with Crippen molar-refractivity contribution in [3.63, 3.8) is 0 Å². The first-order valence-electron chi connectivity index (χ1n) is 4.59. The highest BCUT2D eigenvalue weighted by atomic mass is 35.5. The van der Waals surface area contributed by atoms with Crippen molar-refractivity contribution in [3.05, 3.63) is 45.6 Å². The standard InChI is InChI=1S/C11H8ClFN2S/c1-6-5-14-11(16)15-10(6)7-2-3-9(13)8(12)4-7/h2-5H,1H3,(H,14,15,16). The molecule has 0 spiro atoms. The Morgan fingerprint density at radius 1 is 1.44 bits per heavy atom. The minimum absolute atomic E-state index is 0.0908. The SMILES string of the molecule is Cc1cnc(=S)[nH]c1-c1ccc(F)c(Cl)c1. The van der Waals surface area contributed by atoms with E-state index in [2.05, 4.69) is 9.97 Å². The minimum atomic E-state index is -0.435. The van der Waals surface area contributed by atoms with Crippen molar-refractivity contribution in [2.45, 2.75) is 6.92 Å². The van der Waals surface area contributed by atoms with Gasteiger partial charge in [0.05, 0.1) is 10.7 Å². The van der Waals surface area contributed by atoms with Crippen LogP contribution < -0.4 is 0 Å². The molecule has 0 unspecified atom stereocenters. The highest BCUT2D eigenvalue weighted by Crippen LogP contribution is 2.25. The molecule has 2 aromatic rings. The fourth-order valence-corrected chi connectivity index (χ4v) is 1.74. The number of hydrogen-bond acceptors (Lipinski definition) is 2. The molecule has 1 aromatic carbocycles. The molecule has 1 N–H and O–H groups in total. The summed E-state index contributed by atoms with van der Waals surface area (Å²) in [4.78, 5) is 6.92. The molecule has 0 atom stereocenters. The van der Waals surface area contributed by atoms with Gasteiger partial charge in [-0.25, -0.2) is 9.37 Å². The maximum Gasteiger partial charge on any atom is 0.197 e. The quantitative estimate of drug-likeness (QED) is 0.782. The first-order valence-corrected chi connectivity index (χ1v) is 5.38. The van der Waals surface area contributed by atoms with Gasteiger partial charge in [0, 0.05) is 11.8 Å². The third-order valence-electron chi connectivity index (χ3n) is 2.21. The summed E-state index contributed by atoms with van der Waals surface area (Å²) in [6, 6.07) is 4.54. The molecule has 0 radical (unpaired) electrons. The van der Waals surface area contributed by atoms with Gasteiger partial charge in [-0.15, -0.1) is 0 Å². The lowest BCUT2D eigenvalue weighted by molar-refractivity contribution is 0.628. The third-order valence-corrected chi connectivity index (χ3v) is 2.71. The molecule has 0 saturated carbocycles. The van der Waals surface area contributed by atoms with Crippen LogP contribution in [0.2, 0.25) is 5.02 Å².